The molecule has 1 aliphatic rings. The van der Waals surface area contributed by atoms with Crippen LogP contribution in [0.5, 0.6) is 0 Å². The van der Waals surface area contributed by atoms with E-state index in [0.717, 1.165) is 25.9 Å². The third kappa shape index (κ3) is 2.93. The zero-order valence-electron chi connectivity index (χ0n) is 12.2. The monoisotopic (exact) mass is 246 g/mol. The molecule has 2 heteroatoms. The van der Waals surface area contributed by atoms with E-state index in [1.165, 1.54) is 22.3 Å². The molecule has 0 spiro atoms. The first-order valence-electron chi connectivity index (χ1n) is 7.03. The van der Waals surface area contributed by atoms with Gasteiger partial charge in [-0.1, -0.05) is 12.1 Å². The van der Waals surface area contributed by atoms with Crippen molar-refractivity contribution in [2.24, 2.45) is 5.73 Å². The summed E-state index contributed by atoms with van der Waals surface area (Å²) in [4.78, 5) is 2.57. The topological polar surface area (TPSA) is 29.3 Å². The number of benzene rings is 1. The molecule has 18 heavy (non-hydrogen) atoms. The maximum absolute atomic E-state index is 6.03. The van der Waals surface area contributed by atoms with Crippen molar-refractivity contribution in [2.45, 2.75) is 59.2 Å². The van der Waals surface area contributed by atoms with Gasteiger partial charge in [0.05, 0.1) is 0 Å². The molecule has 0 aliphatic carbocycles. The van der Waals surface area contributed by atoms with Gasteiger partial charge in [0.15, 0.2) is 0 Å². The molecule has 2 nitrogen and oxygen atoms in total. The minimum atomic E-state index is 0.400. The molecule has 1 aliphatic heterocycles. The van der Waals surface area contributed by atoms with Crippen LogP contribution in [0.1, 0.15) is 42.0 Å². The first-order valence-corrected chi connectivity index (χ1v) is 7.03. The first kappa shape index (κ1) is 13.6. The Hall–Kier alpha value is -0.860. The van der Waals surface area contributed by atoms with Crippen LogP contribution in [-0.2, 0) is 6.54 Å². The summed E-state index contributed by atoms with van der Waals surface area (Å²) >= 11 is 0. The fourth-order valence-corrected chi connectivity index (χ4v) is 2.90. The van der Waals surface area contributed by atoms with Crippen LogP contribution in [0.2, 0.25) is 0 Å². The largest absolute Gasteiger partial charge is 0.328 e. The number of piperidine rings is 1. The number of nitrogens with zero attached hydrogens (tertiary/aromatic N) is 1. The standard InChI is InChI=1S/C16H26N2/c1-11-7-13(3)15(8-12(11)2)10-18-6-5-16(17)9-14(18)4/h7-8,14,16H,5-6,9-10,17H2,1-4H3. The average Bonchev–Trinajstić information content (AvgIpc) is 2.29. The fraction of sp³-hybridized carbons (Fsp3) is 0.625. The molecular weight excluding hydrogens is 220 g/mol. The molecule has 1 aromatic carbocycles. The molecule has 2 atom stereocenters. The van der Waals surface area contributed by atoms with Crippen molar-refractivity contribution in [3.8, 4) is 0 Å². The van der Waals surface area contributed by atoms with E-state index in [4.69, 9.17) is 5.73 Å². The predicted octanol–water partition coefficient (Wildman–Crippen LogP) is 2.92. The van der Waals surface area contributed by atoms with Gasteiger partial charge in [-0.3, -0.25) is 4.90 Å². The van der Waals surface area contributed by atoms with Crippen LogP contribution in [0.3, 0.4) is 0 Å². The van der Waals surface area contributed by atoms with E-state index in [1.54, 1.807) is 0 Å². The summed E-state index contributed by atoms with van der Waals surface area (Å²) < 4.78 is 0. The van der Waals surface area contributed by atoms with Gasteiger partial charge >= 0.3 is 0 Å². The van der Waals surface area contributed by atoms with E-state index in [0.29, 0.717) is 12.1 Å². The Bertz CT molecular complexity index is 425. The van der Waals surface area contributed by atoms with Gasteiger partial charge in [-0.2, -0.15) is 0 Å². The summed E-state index contributed by atoms with van der Waals surface area (Å²) in [6.07, 6.45) is 2.26. The molecule has 0 radical (unpaired) electrons. The van der Waals surface area contributed by atoms with Crippen LogP contribution >= 0.6 is 0 Å². The highest BCUT2D eigenvalue weighted by atomic mass is 15.2. The minimum Gasteiger partial charge on any atom is -0.328 e. The average molecular weight is 246 g/mol. The molecule has 100 valence electrons. The van der Waals surface area contributed by atoms with Crippen LogP contribution in [0.25, 0.3) is 0 Å². The van der Waals surface area contributed by atoms with E-state index in [1.807, 2.05) is 0 Å². The Kier molecular flexibility index (Phi) is 4.08. The molecule has 1 fully saturated rings. The van der Waals surface area contributed by atoms with Crippen molar-refractivity contribution >= 4 is 0 Å². The normalized spacial score (nSPS) is 25.4. The van der Waals surface area contributed by atoms with Crippen molar-refractivity contribution in [1.29, 1.82) is 0 Å². The van der Waals surface area contributed by atoms with Gasteiger partial charge in [0.1, 0.15) is 0 Å². The lowest BCUT2D eigenvalue weighted by Crippen LogP contribution is -2.45. The quantitative estimate of drug-likeness (QED) is 0.869. The van der Waals surface area contributed by atoms with Gasteiger partial charge in [0, 0.05) is 25.2 Å². The highest BCUT2D eigenvalue weighted by Crippen LogP contribution is 2.22. The second-order valence-corrected chi connectivity index (χ2v) is 5.97. The lowest BCUT2D eigenvalue weighted by molar-refractivity contribution is 0.139. The molecule has 0 bridgehead atoms. The van der Waals surface area contributed by atoms with E-state index in [9.17, 15) is 0 Å². The summed E-state index contributed by atoms with van der Waals surface area (Å²) in [5.74, 6) is 0. The van der Waals surface area contributed by atoms with Crippen molar-refractivity contribution in [1.82, 2.24) is 4.90 Å². The number of rotatable bonds is 2. The Morgan fingerprint density at radius 2 is 1.83 bits per heavy atom. The van der Waals surface area contributed by atoms with Gasteiger partial charge < -0.3 is 5.73 Å². The number of aryl methyl sites for hydroxylation is 3. The first-order chi connectivity index (χ1) is 8.47. The maximum atomic E-state index is 6.03. The molecular formula is C16H26N2. The minimum absolute atomic E-state index is 0.400. The van der Waals surface area contributed by atoms with E-state index >= 15 is 0 Å². The van der Waals surface area contributed by atoms with Crippen LogP contribution in [0.4, 0.5) is 0 Å². The zero-order chi connectivity index (χ0) is 13.3. The number of nitrogens with two attached hydrogens (primary N) is 1. The summed E-state index contributed by atoms with van der Waals surface area (Å²) in [5, 5.41) is 0. The summed E-state index contributed by atoms with van der Waals surface area (Å²) in [5.41, 5.74) is 11.7. The van der Waals surface area contributed by atoms with Crippen molar-refractivity contribution in [3.63, 3.8) is 0 Å². The predicted molar refractivity (Wildman–Crippen MR) is 77.7 cm³/mol. The van der Waals surface area contributed by atoms with Crippen LogP contribution in [-0.4, -0.2) is 23.5 Å². The number of hydrogen-bond acceptors (Lipinski definition) is 2. The van der Waals surface area contributed by atoms with Crippen LogP contribution < -0.4 is 5.73 Å². The van der Waals surface area contributed by atoms with Crippen molar-refractivity contribution in [2.75, 3.05) is 6.54 Å². The highest BCUT2D eigenvalue weighted by molar-refractivity contribution is 5.36. The Morgan fingerprint density at radius 1 is 1.17 bits per heavy atom. The molecule has 1 saturated heterocycles. The van der Waals surface area contributed by atoms with Gasteiger partial charge in [-0.05, 0) is 62.8 Å². The lowest BCUT2D eigenvalue weighted by Gasteiger charge is -2.36. The third-order valence-corrected chi connectivity index (χ3v) is 4.38. The smallest absolute Gasteiger partial charge is 0.0239 e. The number of likely N-dealkylation sites (tertiary alicyclic amines) is 1. The second kappa shape index (κ2) is 5.41. The molecule has 1 heterocycles. The Morgan fingerprint density at radius 3 is 2.50 bits per heavy atom. The summed E-state index contributed by atoms with van der Waals surface area (Å²) in [6, 6.07) is 5.67. The van der Waals surface area contributed by atoms with Crippen molar-refractivity contribution < 1.29 is 0 Å². The molecule has 2 unspecified atom stereocenters. The fourth-order valence-electron chi connectivity index (χ4n) is 2.90. The Balaban J connectivity index is 2.12. The maximum Gasteiger partial charge on any atom is 0.0239 e. The molecule has 2 rings (SSSR count). The lowest BCUT2D eigenvalue weighted by atomic mass is 9.96. The van der Waals surface area contributed by atoms with E-state index in [-0.39, 0.29) is 0 Å². The SMILES string of the molecule is Cc1cc(C)c(CN2CCC(N)CC2C)cc1C. The second-order valence-electron chi connectivity index (χ2n) is 5.97. The highest BCUT2D eigenvalue weighted by Gasteiger charge is 2.23. The Labute approximate surface area is 111 Å². The van der Waals surface area contributed by atoms with Crippen LogP contribution in [0.15, 0.2) is 12.1 Å². The van der Waals surface area contributed by atoms with Crippen LogP contribution in [0, 0.1) is 20.8 Å². The van der Waals surface area contributed by atoms with Gasteiger partial charge in [0.25, 0.3) is 0 Å². The molecule has 0 amide bonds. The number of hydrogen-bond donors (Lipinski definition) is 1. The third-order valence-electron chi connectivity index (χ3n) is 4.38. The molecule has 1 aromatic rings. The molecule has 0 aromatic heterocycles. The van der Waals surface area contributed by atoms with Gasteiger partial charge in [-0.15, -0.1) is 0 Å². The van der Waals surface area contributed by atoms with E-state index < -0.39 is 0 Å². The van der Waals surface area contributed by atoms with Gasteiger partial charge in [-0.25, -0.2) is 0 Å². The zero-order valence-corrected chi connectivity index (χ0v) is 12.2. The summed E-state index contributed by atoms with van der Waals surface area (Å²) in [6.45, 7) is 11.1. The van der Waals surface area contributed by atoms with Gasteiger partial charge in [0.2, 0.25) is 0 Å². The molecule has 0 saturated carbocycles. The molecule has 2 N–H and O–H groups in total. The summed E-state index contributed by atoms with van der Waals surface area (Å²) in [7, 11) is 0. The van der Waals surface area contributed by atoms with E-state index in [2.05, 4.69) is 44.7 Å². The van der Waals surface area contributed by atoms with Crippen molar-refractivity contribution in [3.05, 3.63) is 34.4 Å².